The number of piperidine rings is 2. The fraction of sp³-hybridized carbons (Fsp3) is 0.667. The van der Waals surface area contributed by atoms with Crippen molar-refractivity contribution in [2.24, 2.45) is 11.8 Å². The molecule has 0 saturated carbocycles. The summed E-state index contributed by atoms with van der Waals surface area (Å²) in [4.78, 5) is 14.9. The maximum atomic E-state index is 12.8. The first-order valence-electron chi connectivity index (χ1n) is 10.4. The molecule has 28 heavy (non-hydrogen) atoms. The number of carbonyl (C=O) groups excluding carboxylic acids is 1. The minimum absolute atomic E-state index is 0.0312. The molecule has 2 aliphatic rings. The highest BCUT2D eigenvalue weighted by Crippen LogP contribution is 2.25. The summed E-state index contributed by atoms with van der Waals surface area (Å²) < 4.78 is 27.2. The van der Waals surface area contributed by atoms with Crippen LogP contribution in [-0.2, 0) is 10.0 Å². The van der Waals surface area contributed by atoms with Crippen molar-refractivity contribution in [3.63, 3.8) is 0 Å². The van der Waals surface area contributed by atoms with Gasteiger partial charge in [-0.3, -0.25) is 4.79 Å². The first-order valence-corrected chi connectivity index (χ1v) is 11.9. The Morgan fingerprint density at radius 3 is 2.21 bits per heavy atom. The number of aliphatic hydroxyl groups is 1. The number of hydrogen-bond donors (Lipinski definition) is 1. The lowest BCUT2D eigenvalue weighted by molar-refractivity contribution is 0.0683. The van der Waals surface area contributed by atoms with E-state index in [9.17, 15) is 13.2 Å². The van der Waals surface area contributed by atoms with Crippen molar-refractivity contribution in [2.75, 3.05) is 32.8 Å². The van der Waals surface area contributed by atoms with E-state index >= 15 is 0 Å². The molecule has 3 rings (SSSR count). The molecule has 2 saturated heterocycles. The zero-order valence-electron chi connectivity index (χ0n) is 16.7. The molecule has 0 aliphatic carbocycles. The molecule has 2 heterocycles. The third-order valence-electron chi connectivity index (χ3n) is 6.15. The molecule has 0 bridgehead atoms. The van der Waals surface area contributed by atoms with Gasteiger partial charge in [0.1, 0.15) is 0 Å². The molecule has 1 aromatic rings. The molecule has 0 aromatic heterocycles. The molecule has 7 heteroatoms. The van der Waals surface area contributed by atoms with Crippen molar-refractivity contribution >= 4 is 15.9 Å². The number of aliphatic hydroxyl groups excluding tert-OH is 1. The summed E-state index contributed by atoms with van der Waals surface area (Å²) in [5, 5.41) is 8.95. The maximum absolute atomic E-state index is 12.8. The summed E-state index contributed by atoms with van der Waals surface area (Å²) in [7, 11) is -3.48. The summed E-state index contributed by atoms with van der Waals surface area (Å²) in [6, 6.07) is 6.41. The average Bonchev–Trinajstić information content (AvgIpc) is 2.72. The minimum Gasteiger partial charge on any atom is -0.396 e. The number of sulfonamides is 1. The van der Waals surface area contributed by atoms with Crippen LogP contribution < -0.4 is 0 Å². The second-order valence-corrected chi connectivity index (χ2v) is 10.2. The quantitative estimate of drug-likeness (QED) is 0.785. The van der Waals surface area contributed by atoms with Gasteiger partial charge in [-0.15, -0.1) is 0 Å². The summed E-state index contributed by atoms with van der Waals surface area (Å²) in [6.45, 7) is 4.96. The van der Waals surface area contributed by atoms with E-state index in [1.807, 2.05) is 4.90 Å². The van der Waals surface area contributed by atoms with Gasteiger partial charge in [0.2, 0.25) is 10.0 Å². The lowest BCUT2D eigenvalue weighted by atomic mass is 9.92. The molecule has 1 N–H and O–H groups in total. The van der Waals surface area contributed by atoms with Crippen molar-refractivity contribution < 1.29 is 18.3 Å². The third-order valence-corrected chi connectivity index (χ3v) is 8.07. The Bertz CT molecular complexity index is 747. The molecular weight excluding hydrogens is 376 g/mol. The third kappa shape index (κ3) is 4.93. The number of carbonyl (C=O) groups is 1. The standard InChI is InChI=1S/C21H32N2O4S/c1-17-8-14-23(15-9-17)28(26,27)20-6-4-19(5-7-20)21(25)22-12-10-18(11-13-22)3-2-16-24/h4-7,17-18,24H,2-3,8-16H2,1H3. The van der Waals surface area contributed by atoms with Gasteiger partial charge >= 0.3 is 0 Å². The van der Waals surface area contributed by atoms with Gasteiger partial charge in [-0.25, -0.2) is 8.42 Å². The lowest BCUT2D eigenvalue weighted by Gasteiger charge is -2.32. The van der Waals surface area contributed by atoms with E-state index in [2.05, 4.69) is 6.92 Å². The van der Waals surface area contributed by atoms with Crippen LogP contribution in [0.2, 0.25) is 0 Å². The van der Waals surface area contributed by atoms with Crippen LogP contribution in [0.1, 0.15) is 55.8 Å². The Morgan fingerprint density at radius 1 is 1.04 bits per heavy atom. The van der Waals surface area contributed by atoms with Gasteiger partial charge in [-0.05, 0) is 74.6 Å². The van der Waals surface area contributed by atoms with Crippen LogP contribution in [-0.4, -0.2) is 61.4 Å². The number of amides is 1. The first kappa shape index (κ1) is 21.3. The Morgan fingerprint density at radius 2 is 1.64 bits per heavy atom. The van der Waals surface area contributed by atoms with Crippen molar-refractivity contribution in [3.05, 3.63) is 29.8 Å². The van der Waals surface area contributed by atoms with Crippen molar-refractivity contribution in [2.45, 2.75) is 50.3 Å². The fourth-order valence-electron chi connectivity index (χ4n) is 4.13. The van der Waals surface area contributed by atoms with Crippen molar-refractivity contribution in [1.29, 1.82) is 0 Å². The second kappa shape index (κ2) is 9.37. The Kier molecular flexibility index (Phi) is 7.12. The van der Waals surface area contributed by atoms with Crippen LogP contribution in [0.4, 0.5) is 0 Å². The van der Waals surface area contributed by atoms with E-state index in [1.54, 1.807) is 28.6 Å². The summed E-state index contributed by atoms with van der Waals surface area (Å²) in [5.41, 5.74) is 0.542. The Labute approximate surface area is 168 Å². The van der Waals surface area contributed by atoms with Gasteiger partial charge in [0.15, 0.2) is 0 Å². The monoisotopic (exact) mass is 408 g/mol. The van der Waals surface area contributed by atoms with Gasteiger partial charge in [-0.2, -0.15) is 4.31 Å². The SMILES string of the molecule is CC1CCN(S(=O)(=O)c2ccc(C(=O)N3CCC(CCCO)CC3)cc2)CC1. The van der Waals surface area contributed by atoms with Crippen LogP contribution in [0.25, 0.3) is 0 Å². The molecule has 156 valence electrons. The second-order valence-electron chi connectivity index (χ2n) is 8.21. The number of rotatable bonds is 6. The molecule has 1 amide bonds. The number of nitrogens with zero attached hydrogens (tertiary/aromatic N) is 2. The van der Waals surface area contributed by atoms with E-state index in [-0.39, 0.29) is 17.4 Å². The predicted molar refractivity (Wildman–Crippen MR) is 109 cm³/mol. The number of hydrogen-bond acceptors (Lipinski definition) is 4. The summed E-state index contributed by atoms with van der Waals surface area (Å²) in [6.07, 6.45) is 5.55. The minimum atomic E-state index is -3.48. The molecule has 0 atom stereocenters. The molecule has 0 radical (unpaired) electrons. The molecule has 6 nitrogen and oxygen atoms in total. The summed E-state index contributed by atoms with van der Waals surface area (Å²) >= 11 is 0. The van der Waals surface area contributed by atoms with Gasteiger partial charge in [0.05, 0.1) is 4.90 Å². The van der Waals surface area contributed by atoms with Gasteiger partial charge in [0.25, 0.3) is 5.91 Å². The van der Waals surface area contributed by atoms with Crippen molar-refractivity contribution in [1.82, 2.24) is 9.21 Å². The fourth-order valence-corrected chi connectivity index (χ4v) is 5.60. The Hall–Kier alpha value is -1.44. The highest BCUT2D eigenvalue weighted by atomic mass is 32.2. The Balaban J connectivity index is 1.60. The van der Waals surface area contributed by atoms with E-state index in [4.69, 9.17) is 5.11 Å². The average molecular weight is 409 g/mol. The largest absolute Gasteiger partial charge is 0.396 e. The topological polar surface area (TPSA) is 77.9 Å². The van der Waals surface area contributed by atoms with E-state index in [1.165, 1.54) is 0 Å². The predicted octanol–water partition coefficient (Wildman–Crippen LogP) is 2.73. The van der Waals surface area contributed by atoms with Crippen LogP contribution in [0.5, 0.6) is 0 Å². The van der Waals surface area contributed by atoms with Gasteiger partial charge < -0.3 is 10.0 Å². The zero-order valence-corrected chi connectivity index (χ0v) is 17.5. The number of benzene rings is 1. The van der Waals surface area contributed by atoms with Crippen LogP contribution in [0.15, 0.2) is 29.2 Å². The van der Waals surface area contributed by atoms with E-state index in [0.29, 0.717) is 30.5 Å². The molecular formula is C21H32N2O4S. The van der Waals surface area contributed by atoms with Crippen molar-refractivity contribution in [3.8, 4) is 0 Å². The van der Waals surface area contributed by atoms with Crippen LogP contribution in [0.3, 0.4) is 0 Å². The highest BCUT2D eigenvalue weighted by molar-refractivity contribution is 7.89. The smallest absolute Gasteiger partial charge is 0.253 e. The molecule has 2 fully saturated rings. The van der Waals surface area contributed by atoms with Crippen LogP contribution in [0, 0.1) is 11.8 Å². The van der Waals surface area contributed by atoms with E-state index < -0.39 is 10.0 Å². The van der Waals surface area contributed by atoms with Crippen LogP contribution >= 0.6 is 0 Å². The molecule has 2 aliphatic heterocycles. The van der Waals surface area contributed by atoms with Gasteiger partial charge in [0, 0.05) is 38.3 Å². The maximum Gasteiger partial charge on any atom is 0.253 e. The lowest BCUT2D eigenvalue weighted by Crippen LogP contribution is -2.39. The first-order chi connectivity index (χ1) is 13.4. The van der Waals surface area contributed by atoms with E-state index in [0.717, 1.165) is 51.6 Å². The molecule has 1 aromatic carbocycles. The molecule has 0 unspecified atom stereocenters. The number of likely N-dealkylation sites (tertiary alicyclic amines) is 1. The van der Waals surface area contributed by atoms with Gasteiger partial charge in [-0.1, -0.05) is 6.92 Å². The highest BCUT2D eigenvalue weighted by Gasteiger charge is 2.29. The molecule has 0 spiro atoms. The summed E-state index contributed by atoms with van der Waals surface area (Å²) in [5.74, 6) is 1.12. The normalized spacial score (nSPS) is 20.4. The zero-order chi connectivity index (χ0) is 20.1.